The zero-order valence-electron chi connectivity index (χ0n) is 12.0. The fraction of sp³-hybridized carbons (Fsp3) is 0.467. The second-order valence-electron chi connectivity index (χ2n) is 4.85. The minimum Gasteiger partial charge on any atom is -0.462 e. The van der Waals surface area contributed by atoms with Crippen molar-refractivity contribution in [3.8, 4) is 0 Å². The van der Waals surface area contributed by atoms with Crippen LogP contribution >= 0.6 is 15.9 Å². The molecule has 1 rings (SSSR count). The smallest absolute Gasteiger partial charge is 0.338 e. The number of alkyl halides is 1. The Morgan fingerprint density at radius 3 is 2.35 bits per heavy atom. The summed E-state index contributed by atoms with van der Waals surface area (Å²) >= 11 is 3.35. The molecule has 0 bridgehead atoms. The lowest BCUT2D eigenvalue weighted by Gasteiger charge is -2.13. The quantitative estimate of drug-likeness (QED) is 0.635. The summed E-state index contributed by atoms with van der Waals surface area (Å²) in [5.74, 6) is -0.232. The third-order valence-corrected chi connectivity index (χ3v) is 4.13. The summed E-state index contributed by atoms with van der Waals surface area (Å²) in [5, 5.41) is 2.79. The van der Waals surface area contributed by atoms with Crippen LogP contribution in [0, 0.1) is 5.92 Å². The molecule has 0 aliphatic carbocycles. The van der Waals surface area contributed by atoms with Gasteiger partial charge in [-0.2, -0.15) is 0 Å². The molecule has 1 atom stereocenters. The fourth-order valence-corrected chi connectivity index (χ4v) is 1.60. The van der Waals surface area contributed by atoms with Gasteiger partial charge in [0.2, 0.25) is 5.91 Å². The number of anilines is 1. The number of halogens is 1. The van der Waals surface area contributed by atoms with Crippen molar-refractivity contribution in [2.24, 2.45) is 5.92 Å². The average Bonchev–Trinajstić information content (AvgIpc) is 2.44. The van der Waals surface area contributed by atoms with E-state index in [1.165, 1.54) is 0 Å². The van der Waals surface area contributed by atoms with E-state index in [2.05, 4.69) is 21.2 Å². The van der Waals surface area contributed by atoms with Crippen molar-refractivity contribution >= 4 is 33.5 Å². The van der Waals surface area contributed by atoms with Crippen LogP contribution in [0.25, 0.3) is 0 Å². The van der Waals surface area contributed by atoms with Crippen LogP contribution in [0.5, 0.6) is 0 Å². The van der Waals surface area contributed by atoms with Gasteiger partial charge in [0, 0.05) is 5.69 Å². The van der Waals surface area contributed by atoms with Gasteiger partial charge in [0.1, 0.15) is 0 Å². The molecule has 4 nitrogen and oxygen atoms in total. The van der Waals surface area contributed by atoms with E-state index in [1.807, 2.05) is 20.8 Å². The highest BCUT2D eigenvalue weighted by Gasteiger charge is 2.18. The van der Waals surface area contributed by atoms with Gasteiger partial charge >= 0.3 is 5.97 Å². The number of carbonyl (C=O) groups is 2. The van der Waals surface area contributed by atoms with Crippen LogP contribution in [0.4, 0.5) is 5.69 Å². The molecule has 5 heteroatoms. The molecule has 0 fully saturated rings. The maximum atomic E-state index is 11.9. The number of hydrogen-bond acceptors (Lipinski definition) is 3. The molecule has 1 N–H and O–H groups in total. The van der Waals surface area contributed by atoms with E-state index < -0.39 is 0 Å². The molecule has 1 amide bonds. The first-order chi connectivity index (χ1) is 9.45. The Morgan fingerprint density at radius 1 is 1.25 bits per heavy atom. The predicted molar refractivity (Wildman–Crippen MR) is 83.2 cm³/mol. The zero-order valence-corrected chi connectivity index (χ0v) is 13.6. The summed E-state index contributed by atoms with van der Waals surface area (Å²) in [6.07, 6.45) is 0.793. The number of benzene rings is 1. The minimum atomic E-state index is -0.342. The van der Waals surface area contributed by atoms with Crippen LogP contribution in [0.1, 0.15) is 37.6 Å². The van der Waals surface area contributed by atoms with Gasteiger partial charge < -0.3 is 10.1 Å². The fourth-order valence-electron chi connectivity index (χ4n) is 1.48. The molecule has 20 heavy (non-hydrogen) atoms. The number of carbonyl (C=O) groups excluding carboxylic acids is 2. The first-order valence-electron chi connectivity index (χ1n) is 6.67. The molecular formula is C15H20BrNO3. The lowest BCUT2D eigenvalue weighted by molar-refractivity contribution is -0.116. The number of amides is 1. The maximum absolute atomic E-state index is 11.9. The van der Waals surface area contributed by atoms with Crippen molar-refractivity contribution in [3.05, 3.63) is 29.8 Å². The highest BCUT2D eigenvalue weighted by molar-refractivity contribution is 9.10. The third-order valence-electron chi connectivity index (χ3n) is 2.66. The lowest BCUT2D eigenvalue weighted by Crippen LogP contribution is -2.26. The molecule has 1 unspecified atom stereocenters. The van der Waals surface area contributed by atoms with Gasteiger partial charge in [-0.25, -0.2) is 4.79 Å². The highest BCUT2D eigenvalue weighted by Crippen LogP contribution is 2.16. The van der Waals surface area contributed by atoms with Gasteiger partial charge in [-0.1, -0.05) is 36.7 Å². The van der Waals surface area contributed by atoms with Crippen LogP contribution in [0.15, 0.2) is 24.3 Å². The number of esters is 1. The SMILES string of the molecule is CCCOC(=O)c1ccc(NC(=O)C(Br)C(C)C)cc1. The summed E-state index contributed by atoms with van der Waals surface area (Å²) < 4.78 is 5.03. The van der Waals surface area contributed by atoms with Gasteiger partial charge in [-0.3, -0.25) is 4.79 Å². The molecule has 1 aromatic rings. The Kier molecular flexibility index (Phi) is 6.71. The summed E-state index contributed by atoms with van der Waals surface area (Å²) in [5.41, 5.74) is 1.14. The maximum Gasteiger partial charge on any atom is 0.338 e. The van der Waals surface area contributed by atoms with E-state index in [0.29, 0.717) is 17.9 Å². The van der Waals surface area contributed by atoms with Gasteiger partial charge in [-0.05, 0) is 36.6 Å². The standard InChI is InChI=1S/C15H20BrNO3/c1-4-9-20-15(19)11-5-7-12(8-6-11)17-14(18)13(16)10(2)3/h5-8,10,13H,4,9H2,1-3H3,(H,17,18). The Balaban J connectivity index is 2.63. The summed E-state index contributed by atoms with van der Waals surface area (Å²) in [4.78, 5) is 23.2. The Labute approximate surface area is 128 Å². The van der Waals surface area contributed by atoms with Crippen molar-refractivity contribution < 1.29 is 14.3 Å². The van der Waals surface area contributed by atoms with Gasteiger partial charge in [0.05, 0.1) is 17.0 Å². The number of rotatable bonds is 6. The van der Waals surface area contributed by atoms with Crippen LogP contribution in [0.3, 0.4) is 0 Å². The molecule has 0 radical (unpaired) electrons. The van der Waals surface area contributed by atoms with E-state index in [1.54, 1.807) is 24.3 Å². The number of ether oxygens (including phenoxy) is 1. The zero-order chi connectivity index (χ0) is 15.1. The Hall–Kier alpha value is -1.36. The molecule has 0 aliphatic heterocycles. The second kappa shape index (κ2) is 8.04. The minimum absolute atomic E-state index is 0.0960. The Morgan fingerprint density at radius 2 is 1.85 bits per heavy atom. The largest absolute Gasteiger partial charge is 0.462 e. The molecule has 0 saturated carbocycles. The molecule has 110 valence electrons. The number of nitrogens with one attached hydrogen (secondary N) is 1. The molecule has 0 aliphatic rings. The highest BCUT2D eigenvalue weighted by atomic mass is 79.9. The first kappa shape index (κ1) is 16.7. The van der Waals surface area contributed by atoms with Gasteiger partial charge in [-0.15, -0.1) is 0 Å². The van der Waals surface area contributed by atoms with Gasteiger partial charge in [0.15, 0.2) is 0 Å². The average molecular weight is 342 g/mol. The summed E-state index contributed by atoms with van der Waals surface area (Å²) in [7, 11) is 0. The molecule has 0 saturated heterocycles. The van der Waals surface area contributed by atoms with E-state index in [4.69, 9.17) is 4.74 Å². The molecule has 0 spiro atoms. The van der Waals surface area contributed by atoms with Crippen molar-refractivity contribution in [2.75, 3.05) is 11.9 Å². The molecule has 0 aromatic heterocycles. The molecule has 0 heterocycles. The molecule has 1 aromatic carbocycles. The summed E-state index contributed by atoms with van der Waals surface area (Å²) in [6, 6.07) is 6.68. The van der Waals surface area contributed by atoms with E-state index in [-0.39, 0.29) is 22.6 Å². The third kappa shape index (κ3) is 4.96. The first-order valence-corrected chi connectivity index (χ1v) is 7.59. The topological polar surface area (TPSA) is 55.4 Å². The van der Waals surface area contributed by atoms with Gasteiger partial charge in [0.25, 0.3) is 0 Å². The summed E-state index contributed by atoms with van der Waals surface area (Å²) in [6.45, 7) is 6.28. The van der Waals surface area contributed by atoms with Crippen molar-refractivity contribution in [1.29, 1.82) is 0 Å². The second-order valence-corrected chi connectivity index (χ2v) is 5.83. The molecular weight excluding hydrogens is 322 g/mol. The predicted octanol–water partition coefficient (Wildman–Crippen LogP) is 3.61. The van der Waals surface area contributed by atoms with Crippen LogP contribution in [0.2, 0.25) is 0 Å². The van der Waals surface area contributed by atoms with Crippen molar-refractivity contribution in [1.82, 2.24) is 0 Å². The van der Waals surface area contributed by atoms with Crippen LogP contribution in [-0.4, -0.2) is 23.3 Å². The van der Waals surface area contributed by atoms with E-state index in [9.17, 15) is 9.59 Å². The van der Waals surface area contributed by atoms with Crippen molar-refractivity contribution in [3.63, 3.8) is 0 Å². The van der Waals surface area contributed by atoms with Crippen LogP contribution in [-0.2, 0) is 9.53 Å². The van der Waals surface area contributed by atoms with Crippen molar-refractivity contribution in [2.45, 2.75) is 32.0 Å². The van der Waals surface area contributed by atoms with Crippen LogP contribution < -0.4 is 5.32 Å². The normalized spacial score (nSPS) is 12.1. The lowest BCUT2D eigenvalue weighted by atomic mass is 10.1. The van der Waals surface area contributed by atoms with E-state index in [0.717, 1.165) is 6.42 Å². The number of hydrogen-bond donors (Lipinski definition) is 1. The Bertz CT molecular complexity index is 457. The van der Waals surface area contributed by atoms with E-state index >= 15 is 0 Å². The monoisotopic (exact) mass is 341 g/mol.